The van der Waals surface area contributed by atoms with Gasteiger partial charge < -0.3 is 0 Å². The molecular weight excluding hydrogens is 350 g/mol. The first-order chi connectivity index (χ1) is 13.7. The number of allylic oxidation sites excluding steroid dienone is 5. The van der Waals surface area contributed by atoms with E-state index in [0.717, 1.165) is 17.6 Å². The normalized spacial score (nSPS) is 22.6. The fourth-order valence-corrected chi connectivity index (χ4v) is 3.97. The lowest BCUT2D eigenvalue weighted by Crippen LogP contribution is -2.36. The molecule has 1 aromatic heterocycles. The van der Waals surface area contributed by atoms with E-state index in [1.165, 1.54) is 4.57 Å². The Morgan fingerprint density at radius 3 is 2.21 bits per heavy atom. The standard InChI is InChI=1S/C23H19N3O2/c27-22-24(19-11-5-2-6-12-19)23(28)26-21-15-14-20(25(22)26)13-7-10-18(21)16-17-8-3-1-4-9-17/h1-9,11-16,20-21H,10H2/b13-7-,18-16+/t20-,21-/m0/s1. The SMILES string of the molecule is O=c1n(-c2ccccc2)c(=O)n2n1[C@@H]1C=C[C@H]2/C(=C/c2ccccc2)C/C=C\1. The molecule has 0 N–H and O–H groups in total. The highest BCUT2D eigenvalue weighted by atomic mass is 16.2. The summed E-state index contributed by atoms with van der Waals surface area (Å²) in [5, 5.41) is 0. The molecule has 1 aliphatic carbocycles. The van der Waals surface area contributed by atoms with Gasteiger partial charge in [0.15, 0.2) is 0 Å². The minimum atomic E-state index is -0.318. The number of hydrogen-bond donors (Lipinski definition) is 0. The topological polar surface area (TPSA) is 48.9 Å². The first kappa shape index (κ1) is 16.6. The molecule has 0 amide bonds. The van der Waals surface area contributed by atoms with Crippen LogP contribution in [0.15, 0.2) is 100 Å². The van der Waals surface area contributed by atoms with Crippen molar-refractivity contribution in [1.82, 2.24) is 13.9 Å². The van der Waals surface area contributed by atoms with Crippen molar-refractivity contribution in [1.29, 1.82) is 0 Å². The lowest BCUT2D eigenvalue weighted by Gasteiger charge is -2.29. The van der Waals surface area contributed by atoms with Gasteiger partial charge >= 0.3 is 11.4 Å². The summed E-state index contributed by atoms with van der Waals surface area (Å²) in [6.07, 6.45) is 10.9. The fraction of sp³-hybridized carbons (Fsp3) is 0.130. The van der Waals surface area contributed by atoms with Gasteiger partial charge in [-0.05, 0) is 29.7 Å². The third-order valence-corrected chi connectivity index (χ3v) is 5.28. The van der Waals surface area contributed by atoms with Gasteiger partial charge in [-0.3, -0.25) is 0 Å². The fourth-order valence-electron chi connectivity index (χ4n) is 3.97. The van der Waals surface area contributed by atoms with Crippen LogP contribution in [0.25, 0.3) is 11.8 Å². The molecule has 5 heteroatoms. The van der Waals surface area contributed by atoms with Crippen LogP contribution < -0.4 is 11.4 Å². The molecule has 2 bridgehead atoms. The van der Waals surface area contributed by atoms with Crippen molar-refractivity contribution in [2.24, 2.45) is 0 Å². The number of nitrogens with zero attached hydrogens (tertiary/aromatic N) is 3. The summed E-state index contributed by atoms with van der Waals surface area (Å²) in [6, 6.07) is 18.6. The van der Waals surface area contributed by atoms with Crippen LogP contribution in [0.2, 0.25) is 0 Å². The Bertz CT molecular complexity index is 1220. The van der Waals surface area contributed by atoms with Crippen LogP contribution in [0.4, 0.5) is 0 Å². The smallest absolute Gasteiger partial charge is 0.245 e. The van der Waals surface area contributed by atoms with Crippen LogP contribution in [0.3, 0.4) is 0 Å². The van der Waals surface area contributed by atoms with Gasteiger partial charge in [0.25, 0.3) is 0 Å². The van der Waals surface area contributed by atoms with E-state index in [1.807, 2.05) is 66.8 Å². The van der Waals surface area contributed by atoms with E-state index in [-0.39, 0.29) is 23.5 Å². The monoisotopic (exact) mass is 369 g/mol. The minimum Gasteiger partial charge on any atom is -0.245 e. The van der Waals surface area contributed by atoms with Crippen molar-refractivity contribution >= 4 is 6.08 Å². The molecule has 5 nitrogen and oxygen atoms in total. The van der Waals surface area contributed by atoms with Crippen molar-refractivity contribution in [2.45, 2.75) is 18.5 Å². The molecular formula is C23H19N3O2. The molecule has 3 heterocycles. The number of hydrogen-bond acceptors (Lipinski definition) is 2. The van der Waals surface area contributed by atoms with E-state index in [2.05, 4.69) is 12.2 Å². The minimum absolute atomic E-state index is 0.250. The maximum atomic E-state index is 13.3. The highest BCUT2D eigenvalue weighted by Gasteiger charge is 2.31. The third kappa shape index (κ3) is 2.55. The lowest BCUT2D eigenvalue weighted by atomic mass is 9.95. The van der Waals surface area contributed by atoms with Crippen molar-refractivity contribution in [3.63, 3.8) is 0 Å². The zero-order valence-electron chi connectivity index (χ0n) is 15.2. The van der Waals surface area contributed by atoms with Crippen LogP contribution in [0, 0.1) is 0 Å². The molecule has 0 unspecified atom stereocenters. The Morgan fingerprint density at radius 2 is 1.46 bits per heavy atom. The Kier molecular flexibility index (Phi) is 3.86. The molecule has 0 saturated carbocycles. The quantitative estimate of drug-likeness (QED) is 0.649. The van der Waals surface area contributed by atoms with Crippen molar-refractivity contribution in [2.75, 3.05) is 0 Å². The number of rotatable bonds is 2. The van der Waals surface area contributed by atoms with Crippen LogP contribution in [0.5, 0.6) is 0 Å². The van der Waals surface area contributed by atoms with Crippen LogP contribution in [0.1, 0.15) is 24.1 Å². The molecule has 0 saturated heterocycles. The maximum Gasteiger partial charge on any atom is 0.352 e. The highest BCUT2D eigenvalue weighted by Crippen LogP contribution is 2.32. The molecule has 6 rings (SSSR count). The average molecular weight is 369 g/mol. The first-order valence-corrected chi connectivity index (χ1v) is 9.36. The van der Waals surface area contributed by atoms with Crippen LogP contribution >= 0.6 is 0 Å². The van der Waals surface area contributed by atoms with Gasteiger partial charge in [0, 0.05) is 0 Å². The Hall–Kier alpha value is -3.60. The van der Waals surface area contributed by atoms with E-state index in [4.69, 9.17) is 0 Å². The van der Waals surface area contributed by atoms with Gasteiger partial charge in [-0.2, -0.15) is 0 Å². The lowest BCUT2D eigenvalue weighted by molar-refractivity contribution is 0.398. The zero-order valence-corrected chi connectivity index (χ0v) is 15.2. The molecule has 0 spiro atoms. The molecule has 138 valence electrons. The predicted molar refractivity (Wildman–Crippen MR) is 110 cm³/mol. The largest absolute Gasteiger partial charge is 0.352 e. The van der Waals surface area contributed by atoms with Crippen molar-refractivity contribution < 1.29 is 0 Å². The number of para-hydroxylation sites is 1. The molecule has 2 atom stereocenters. The summed E-state index contributed by atoms with van der Waals surface area (Å²) >= 11 is 0. The first-order valence-electron chi connectivity index (χ1n) is 9.36. The zero-order chi connectivity index (χ0) is 19.1. The number of fused-ring (bicyclic) bond motifs is 2. The molecule has 0 fully saturated rings. The summed E-state index contributed by atoms with van der Waals surface area (Å²) in [5.41, 5.74) is 2.09. The summed E-state index contributed by atoms with van der Waals surface area (Å²) in [7, 11) is 0. The van der Waals surface area contributed by atoms with E-state index in [0.29, 0.717) is 5.69 Å². The van der Waals surface area contributed by atoms with E-state index < -0.39 is 0 Å². The van der Waals surface area contributed by atoms with Crippen molar-refractivity contribution in [3.8, 4) is 5.69 Å². The summed E-state index contributed by atoms with van der Waals surface area (Å²) < 4.78 is 4.42. The highest BCUT2D eigenvalue weighted by molar-refractivity contribution is 5.55. The van der Waals surface area contributed by atoms with E-state index in [9.17, 15) is 9.59 Å². The average Bonchev–Trinajstić information content (AvgIpc) is 2.97. The molecule has 2 aromatic carbocycles. The summed E-state index contributed by atoms with van der Waals surface area (Å²) in [6.45, 7) is 0. The molecule has 2 aliphatic heterocycles. The van der Waals surface area contributed by atoms with E-state index in [1.54, 1.807) is 21.5 Å². The van der Waals surface area contributed by atoms with Gasteiger partial charge in [-0.1, -0.05) is 78.9 Å². The summed E-state index contributed by atoms with van der Waals surface area (Å²) in [5.74, 6) is 0. The molecule has 0 radical (unpaired) electrons. The second-order valence-corrected chi connectivity index (χ2v) is 7.01. The third-order valence-electron chi connectivity index (χ3n) is 5.28. The molecule has 28 heavy (non-hydrogen) atoms. The maximum absolute atomic E-state index is 13.3. The number of benzene rings is 2. The second kappa shape index (κ2) is 6.53. The van der Waals surface area contributed by atoms with Gasteiger partial charge in [-0.25, -0.2) is 23.5 Å². The van der Waals surface area contributed by atoms with Gasteiger partial charge in [-0.15, -0.1) is 0 Å². The Balaban J connectivity index is 1.74. The van der Waals surface area contributed by atoms with Crippen LogP contribution in [-0.2, 0) is 0 Å². The molecule has 3 aliphatic rings. The van der Waals surface area contributed by atoms with Crippen LogP contribution in [-0.4, -0.2) is 13.9 Å². The van der Waals surface area contributed by atoms with Crippen molar-refractivity contribution in [3.05, 3.63) is 117 Å². The van der Waals surface area contributed by atoms with Gasteiger partial charge in [0.2, 0.25) is 0 Å². The van der Waals surface area contributed by atoms with E-state index >= 15 is 0 Å². The Morgan fingerprint density at radius 1 is 0.786 bits per heavy atom. The Labute approximate surface area is 161 Å². The van der Waals surface area contributed by atoms with Gasteiger partial charge in [0.1, 0.15) is 0 Å². The second-order valence-electron chi connectivity index (χ2n) is 7.01. The molecule has 3 aromatic rings. The summed E-state index contributed by atoms with van der Waals surface area (Å²) in [4.78, 5) is 26.5. The van der Waals surface area contributed by atoms with Gasteiger partial charge in [0.05, 0.1) is 17.8 Å². The predicted octanol–water partition coefficient (Wildman–Crippen LogP) is 3.50. The number of aromatic nitrogens is 3.